The van der Waals surface area contributed by atoms with Crippen molar-refractivity contribution in [3.05, 3.63) is 11.8 Å². The third-order valence-electron chi connectivity index (χ3n) is 2.39. The highest BCUT2D eigenvalue weighted by Crippen LogP contribution is 2.30. The maximum atomic E-state index is 11.1. The lowest BCUT2D eigenvalue weighted by molar-refractivity contribution is -0.0532. The molecule has 0 aliphatic carbocycles. The molecule has 0 saturated heterocycles. The molecule has 1 aromatic rings. The number of aromatic nitrogens is 2. The Labute approximate surface area is 92.4 Å². The predicted molar refractivity (Wildman–Crippen MR) is 54.2 cm³/mol. The van der Waals surface area contributed by atoms with E-state index in [1.54, 1.807) is 4.68 Å². The van der Waals surface area contributed by atoms with Crippen LogP contribution in [-0.4, -0.2) is 24.8 Å². The maximum absolute atomic E-state index is 11.1. The molecule has 1 aliphatic heterocycles. The molecule has 1 aliphatic rings. The molecule has 5 nitrogen and oxygen atoms in total. The molecule has 0 fully saturated rings. The van der Waals surface area contributed by atoms with E-state index in [2.05, 4.69) is 5.10 Å². The lowest BCUT2D eigenvalue weighted by Gasteiger charge is -2.30. The van der Waals surface area contributed by atoms with E-state index in [4.69, 9.17) is 15.4 Å². The van der Waals surface area contributed by atoms with Gasteiger partial charge in [0.05, 0.1) is 18.8 Å². The monoisotopic (exact) mass is 250 g/mol. The Morgan fingerprint density at radius 2 is 2.27 bits per heavy atom. The smallest absolute Gasteiger partial charge is 0.280 e. The highest BCUT2D eigenvalue weighted by Gasteiger charge is 2.32. The van der Waals surface area contributed by atoms with Crippen molar-refractivity contribution in [2.45, 2.75) is 31.0 Å². The van der Waals surface area contributed by atoms with Gasteiger partial charge in [-0.25, -0.2) is 8.42 Å². The van der Waals surface area contributed by atoms with E-state index in [0.717, 1.165) is 5.69 Å². The molecule has 0 unspecified atom stereocenters. The summed E-state index contributed by atoms with van der Waals surface area (Å²) < 4.78 is 29.4. The van der Waals surface area contributed by atoms with E-state index >= 15 is 0 Å². The molecular weight excluding hydrogens is 240 g/mol. The molecule has 7 heteroatoms. The van der Waals surface area contributed by atoms with Gasteiger partial charge in [0, 0.05) is 16.7 Å². The van der Waals surface area contributed by atoms with E-state index in [1.165, 1.54) is 6.07 Å². The number of halogens is 1. The van der Waals surface area contributed by atoms with Crippen molar-refractivity contribution in [3.8, 4) is 0 Å². The van der Waals surface area contributed by atoms with Gasteiger partial charge in [0.25, 0.3) is 9.05 Å². The molecule has 2 rings (SSSR count). The number of nitrogens with zero attached hydrogens (tertiary/aromatic N) is 2. The van der Waals surface area contributed by atoms with Crippen LogP contribution in [0.2, 0.25) is 0 Å². The molecule has 0 N–H and O–H groups in total. The third-order valence-corrected chi connectivity index (χ3v) is 3.56. The first-order valence-electron chi connectivity index (χ1n) is 4.48. The molecule has 0 atom stereocenters. The molecule has 1 aromatic heterocycles. The molecule has 84 valence electrons. The molecule has 0 spiro atoms. The summed E-state index contributed by atoms with van der Waals surface area (Å²) in [5.74, 6) is 0. The van der Waals surface area contributed by atoms with Crippen molar-refractivity contribution in [1.82, 2.24) is 9.78 Å². The third kappa shape index (κ3) is 1.89. The average molecular weight is 251 g/mol. The van der Waals surface area contributed by atoms with E-state index < -0.39 is 14.7 Å². The predicted octanol–water partition coefficient (Wildman–Crippen LogP) is 1.08. The summed E-state index contributed by atoms with van der Waals surface area (Å²) in [6, 6.07) is 1.46. The highest BCUT2D eigenvalue weighted by molar-refractivity contribution is 8.13. The van der Waals surface area contributed by atoms with Crippen molar-refractivity contribution < 1.29 is 13.2 Å². The molecule has 0 saturated carbocycles. The Hall–Kier alpha value is -0.590. The van der Waals surface area contributed by atoms with Gasteiger partial charge >= 0.3 is 0 Å². The average Bonchev–Trinajstić information content (AvgIpc) is 2.47. The Kier molecular flexibility index (Phi) is 2.33. The Balaban J connectivity index is 2.57. The molecule has 15 heavy (non-hydrogen) atoms. The van der Waals surface area contributed by atoms with Crippen LogP contribution < -0.4 is 0 Å². The number of fused-ring (bicyclic) bond motifs is 1. The van der Waals surface area contributed by atoms with E-state index in [-0.39, 0.29) is 5.03 Å². The minimum Gasteiger partial charge on any atom is -0.367 e. The standard InChI is InChI=1S/C8H11ClN2O3S/c1-8(2)6-5-7(15(9,12)13)10-11(6)3-4-14-8/h5H,3-4H2,1-2H3. The summed E-state index contributed by atoms with van der Waals surface area (Å²) in [5.41, 5.74) is 0.207. The zero-order valence-electron chi connectivity index (χ0n) is 8.40. The summed E-state index contributed by atoms with van der Waals surface area (Å²) in [6.45, 7) is 4.79. The fourth-order valence-corrected chi connectivity index (χ4v) is 2.30. The Morgan fingerprint density at radius 1 is 1.60 bits per heavy atom. The van der Waals surface area contributed by atoms with Gasteiger partial charge in [-0.2, -0.15) is 5.10 Å². The van der Waals surface area contributed by atoms with Crippen LogP contribution in [-0.2, 0) is 25.9 Å². The zero-order valence-corrected chi connectivity index (χ0v) is 9.97. The second-order valence-corrected chi connectivity index (χ2v) is 6.40. The van der Waals surface area contributed by atoms with Crippen LogP contribution in [0.5, 0.6) is 0 Å². The van der Waals surface area contributed by atoms with Crippen molar-refractivity contribution in [2.75, 3.05) is 6.61 Å². The minimum absolute atomic E-state index is 0.113. The Morgan fingerprint density at radius 3 is 2.80 bits per heavy atom. The van der Waals surface area contributed by atoms with Crippen molar-refractivity contribution >= 4 is 19.7 Å². The van der Waals surface area contributed by atoms with Crippen molar-refractivity contribution in [1.29, 1.82) is 0 Å². The van der Waals surface area contributed by atoms with Crippen molar-refractivity contribution in [2.24, 2.45) is 0 Å². The second kappa shape index (κ2) is 3.20. The number of hydrogen-bond donors (Lipinski definition) is 0. The lowest BCUT2D eigenvalue weighted by Crippen LogP contribution is -2.33. The van der Waals surface area contributed by atoms with Crippen LogP contribution >= 0.6 is 10.7 Å². The van der Waals surface area contributed by atoms with Gasteiger partial charge in [-0.3, -0.25) is 4.68 Å². The fraction of sp³-hybridized carbons (Fsp3) is 0.625. The normalized spacial score (nSPS) is 19.9. The van der Waals surface area contributed by atoms with Crippen LogP contribution in [0.4, 0.5) is 0 Å². The number of rotatable bonds is 1. The topological polar surface area (TPSA) is 61.2 Å². The number of hydrogen-bond acceptors (Lipinski definition) is 4. The highest BCUT2D eigenvalue weighted by atomic mass is 35.7. The first kappa shape index (κ1) is 10.9. The fourth-order valence-electron chi connectivity index (χ4n) is 1.63. The Bertz CT molecular complexity index is 492. The molecule has 2 heterocycles. The summed E-state index contributed by atoms with van der Waals surface area (Å²) in [4.78, 5) is 0. The maximum Gasteiger partial charge on any atom is 0.280 e. The summed E-state index contributed by atoms with van der Waals surface area (Å²) >= 11 is 0. The number of ether oxygens (including phenoxy) is 1. The van der Waals surface area contributed by atoms with Gasteiger partial charge < -0.3 is 4.74 Å². The van der Waals surface area contributed by atoms with Crippen LogP contribution in [0.1, 0.15) is 19.5 Å². The summed E-state index contributed by atoms with van der Waals surface area (Å²) in [6.07, 6.45) is 0. The summed E-state index contributed by atoms with van der Waals surface area (Å²) in [7, 11) is 1.46. The van der Waals surface area contributed by atoms with Gasteiger partial charge in [0.2, 0.25) is 0 Å². The van der Waals surface area contributed by atoms with Crippen LogP contribution in [0, 0.1) is 0 Å². The van der Waals surface area contributed by atoms with Gasteiger partial charge in [0.15, 0.2) is 5.03 Å². The SMILES string of the molecule is CC1(C)OCCn2nc(S(=O)(=O)Cl)cc21. The van der Waals surface area contributed by atoms with Crippen LogP contribution in [0.25, 0.3) is 0 Å². The van der Waals surface area contributed by atoms with Gasteiger partial charge in [-0.15, -0.1) is 0 Å². The largest absolute Gasteiger partial charge is 0.367 e. The first-order chi connectivity index (χ1) is 6.81. The minimum atomic E-state index is -3.76. The molecule has 0 bridgehead atoms. The molecular formula is C8H11ClN2O3S. The van der Waals surface area contributed by atoms with Crippen LogP contribution in [0.15, 0.2) is 11.1 Å². The lowest BCUT2D eigenvalue weighted by atomic mass is 10.0. The van der Waals surface area contributed by atoms with E-state index in [9.17, 15) is 8.42 Å². The molecule has 0 amide bonds. The van der Waals surface area contributed by atoms with Crippen molar-refractivity contribution in [3.63, 3.8) is 0 Å². The second-order valence-electron chi connectivity index (χ2n) is 3.89. The van der Waals surface area contributed by atoms with Gasteiger partial charge in [-0.05, 0) is 13.8 Å². The molecule has 0 radical (unpaired) electrons. The van der Waals surface area contributed by atoms with E-state index in [1.807, 2.05) is 13.8 Å². The molecule has 0 aromatic carbocycles. The first-order valence-corrected chi connectivity index (χ1v) is 6.78. The van der Waals surface area contributed by atoms with Gasteiger partial charge in [-0.1, -0.05) is 0 Å². The van der Waals surface area contributed by atoms with Crippen LogP contribution in [0.3, 0.4) is 0 Å². The quantitative estimate of drug-likeness (QED) is 0.700. The van der Waals surface area contributed by atoms with Gasteiger partial charge in [0.1, 0.15) is 5.60 Å². The zero-order chi connectivity index (χ0) is 11.3. The summed E-state index contributed by atoms with van der Waals surface area (Å²) in [5, 5.41) is 3.82. The van der Waals surface area contributed by atoms with E-state index in [0.29, 0.717) is 13.2 Å².